The Morgan fingerprint density at radius 1 is 0.958 bits per heavy atom. The molecule has 0 aromatic carbocycles. The molecule has 0 saturated heterocycles. The number of carbonyl (C=O) groups excluding carboxylic acids is 1. The molecular formula is C21H33NO2. The second kappa shape index (κ2) is 8.73. The number of rotatable bonds is 4. The topological polar surface area (TPSA) is 29.5 Å². The lowest BCUT2D eigenvalue weighted by Crippen LogP contribution is -2.50. The van der Waals surface area contributed by atoms with Gasteiger partial charge in [-0.1, -0.05) is 62.8 Å². The van der Waals surface area contributed by atoms with Crippen LogP contribution in [0.2, 0.25) is 0 Å². The van der Waals surface area contributed by atoms with Gasteiger partial charge in [0, 0.05) is 18.0 Å². The molecule has 0 radical (unpaired) electrons. The van der Waals surface area contributed by atoms with E-state index in [-0.39, 0.29) is 12.2 Å². The van der Waals surface area contributed by atoms with Crippen molar-refractivity contribution in [1.82, 2.24) is 4.90 Å². The number of nitrogens with zero attached hydrogens (tertiary/aromatic N) is 1. The zero-order valence-corrected chi connectivity index (χ0v) is 15.2. The molecule has 134 valence electrons. The van der Waals surface area contributed by atoms with Gasteiger partial charge in [0.25, 0.3) is 0 Å². The van der Waals surface area contributed by atoms with Crippen LogP contribution in [0.3, 0.4) is 0 Å². The Morgan fingerprint density at radius 3 is 2.04 bits per heavy atom. The van der Waals surface area contributed by atoms with E-state index >= 15 is 0 Å². The molecule has 2 unspecified atom stereocenters. The highest BCUT2D eigenvalue weighted by atomic mass is 16.6. The molecule has 0 aromatic rings. The van der Waals surface area contributed by atoms with Gasteiger partial charge in [-0.15, -0.1) is 0 Å². The van der Waals surface area contributed by atoms with Gasteiger partial charge in [-0.3, -0.25) is 0 Å². The number of hydrogen-bond donors (Lipinski definition) is 0. The van der Waals surface area contributed by atoms with E-state index in [2.05, 4.69) is 29.2 Å². The van der Waals surface area contributed by atoms with E-state index in [0.717, 1.165) is 32.1 Å². The lowest BCUT2D eigenvalue weighted by molar-refractivity contribution is 0.0155. The fourth-order valence-electron chi connectivity index (χ4n) is 4.57. The Morgan fingerprint density at radius 2 is 1.54 bits per heavy atom. The van der Waals surface area contributed by atoms with Crippen LogP contribution >= 0.6 is 0 Å². The van der Waals surface area contributed by atoms with Gasteiger partial charge >= 0.3 is 6.09 Å². The molecular weight excluding hydrogens is 298 g/mol. The van der Waals surface area contributed by atoms with Gasteiger partial charge in [0.1, 0.15) is 6.10 Å². The van der Waals surface area contributed by atoms with Crippen molar-refractivity contribution >= 4 is 6.09 Å². The lowest BCUT2D eigenvalue weighted by atomic mass is 9.89. The summed E-state index contributed by atoms with van der Waals surface area (Å²) in [7, 11) is 0. The average molecular weight is 331 g/mol. The SMILES string of the molecule is CC(OC(=O)N(C1CCCCC1)C1CCCCC1)C1C=CC=CC1. The van der Waals surface area contributed by atoms with E-state index in [1.54, 1.807) is 0 Å². The Balaban J connectivity index is 1.65. The fourth-order valence-corrected chi connectivity index (χ4v) is 4.57. The van der Waals surface area contributed by atoms with E-state index in [1.165, 1.54) is 38.5 Å². The third-order valence-electron chi connectivity index (χ3n) is 6.05. The standard InChI is InChI=1S/C21H33NO2/c1-17(18-11-5-2-6-12-18)24-21(23)22(19-13-7-3-8-14-19)20-15-9-4-10-16-20/h2,5-6,11,17-20H,3-4,7-10,12-16H2,1H3. The Hall–Kier alpha value is -1.25. The highest BCUT2D eigenvalue weighted by Gasteiger charge is 2.34. The second-order valence-electron chi connectivity index (χ2n) is 7.79. The third kappa shape index (κ3) is 4.43. The van der Waals surface area contributed by atoms with Crippen LogP contribution in [0.25, 0.3) is 0 Å². The van der Waals surface area contributed by atoms with Gasteiger partial charge in [0.15, 0.2) is 0 Å². The molecule has 0 N–H and O–H groups in total. The van der Waals surface area contributed by atoms with Crippen LogP contribution in [0.4, 0.5) is 4.79 Å². The molecule has 0 bridgehead atoms. The van der Waals surface area contributed by atoms with Crippen molar-refractivity contribution in [3.05, 3.63) is 24.3 Å². The minimum atomic E-state index is -0.0516. The predicted octanol–water partition coefficient (Wildman–Crippen LogP) is 5.61. The summed E-state index contributed by atoms with van der Waals surface area (Å²) in [6.07, 6.45) is 21.6. The number of hydrogen-bond acceptors (Lipinski definition) is 2. The van der Waals surface area contributed by atoms with Crippen LogP contribution in [0.15, 0.2) is 24.3 Å². The molecule has 1 amide bonds. The molecule has 3 aliphatic carbocycles. The minimum absolute atomic E-state index is 0.0478. The molecule has 0 aromatic heterocycles. The molecule has 3 aliphatic rings. The van der Waals surface area contributed by atoms with E-state index in [9.17, 15) is 4.79 Å². The van der Waals surface area contributed by atoms with E-state index < -0.39 is 0 Å². The molecule has 2 atom stereocenters. The summed E-state index contributed by atoms with van der Waals surface area (Å²) in [6.45, 7) is 2.05. The van der Waals surface area contributed by atoms with Crippen LogP contribution in [-0.4, -0.2) is 29.2 Å². The molecule has 2 saturated carbocycles. The molecule has 0 spiro atoms. The van der Waals surface area contributed by atoms with Crippen LogP contribution in [-0.2, 0) is 4.74 Å². The van der Waals surface area contributed by atoms with Gasteiger partial charge in [-0.25, -0.2) is 4.79 Å². The molecule has 3 nitrogen and oxygen atoms in total. The maximum absolute atomic E-state index is 13.1. The van der Waals surface area contributed by atoms with Gasteiger partial charge in [0.05, 0.1) is 0 Å². The maximum atomic E-state index is 13.1. The lowest BCUT2D eigenvalue weighted by Gasteiger charge is -2.41. The van der Waals surface area contributed by atoms with Gasteiger partial charge in [-0.05, 0) is 39.0 Å². The summed E-state index contributed by atoms with van der Waals surface area (Å²) >= 11 is 0. The smallest absolute Gasteiger partial charge is 0.410 e. The summed E-state index contributed by atoms with van der Waals surface area (Å²) in [5, 5.41) is 0. The highest BCUT2D eigenvalue weighted by molar-refractivity contribution is 5.69. The van der Waals surface area contributed by atoms with Crippen molar-refractivity contribution in [1.29, 1.82) is 0 Å². The number of carbonyl (C=O) groups is 1. The maximum Gasteiger partial charge on any atom is 0.410 e. The van der Waals surface area contributed by atoms with Gasteiger partial charge in [-0.2, -0.15) is 0 Å². The molecule has 0 heterocycles. The van der Waals surface area contributed by atoms with Crippen molar-refractivity contribution in [2.24, 2.45) is 5.92 Å². The van der Waals surface area contributed by atoms with Crippen molar-refractivity contribution in [3.63, 3.8) is 0 Å². The zero-order chi connectivity index (χ0) is 16.8. The molecule has 3 rings (SSSR count). The molecule has 0 aliphatic heterocycles. The summed E-state index contributed by atoms with van der Waals surface area (Å²) in [4.78, 5) is 15.2. The highest BCUT2D eigenvalue weighted by Crippen LogP contribution is 2.31. The Bertz CT molecular complexity index is 440. The summed E-state index contributed by atoms with van der Waals surface area (Å²) < 4.78 is 5.96. The predicted molar refractivity (Wildman–Crippen MR) is 97.9 cm³/mol. The van der Waals surface area contributed by atoms with Crippen LogP contribution in [0, 0.1) is 5.92 Å². The first-order valence-corrected chi connectivity index (χ1v) is 10.1. The first kappa shape index (κ1) is 17.6. The van der Waals surface area contributed by atoms with E-state index in [1.807, 2.05) is 6.92 Å². The normalized spacial score (nSPS) is 27.0. The van der Waals surface area contributed by atoms with Crippen molar-refractivity contribution in [3.8, 4) is 0 Å². The third-order valence-corrected chi connectivity index (χ3v) is 6.05. The van der Waals surface area contributed by atoms with Gasteiger partial charge < -0.3 is 9.64 Å². The number of ether oxygens (including phenoxy) is 1. The molecule has 3 heteroatoms. The van der Waals surface area contributed by atoms with Crippen LogP contribution < -0.4 is 0 Å². The fraction of sp³-hybridized carbons (Fsp3) is 0.762. The van der Waals surface area contributed by atoms with Crippen LogP contribution in [0.5, 0.6) is 0 Å². The quantitative estimate of drug-likeness (QED) is 0.670. The summed E-state index contributed by atoms with van der Waals surface area (Å²) in [5.74, 6) is 0.318. The van der Waals surface area contributed by atoms with Crippen molar-refractivity contribution in [2.75, 3.05) is 0 Å². The Kier molecular flexibility index (Phi) is 6.39. The minimum Gasteiger partial charge on any atom is -0.446 e. The van der Waals surface area contributed by atoms with Crippen molar-refractivity contribution < 1.29 is 9.53 Å². The average Bonchev–Trinajstić information content (AvgIpc) is 2.64. The van der Waals surface area contributed by atoms with Gasteiger partial charge in [0.2, 0.25) is 0 Å². The largest absolute Gasteiger partial charge is 0.446 e. The van der Waals surface area contributed by atoms with E-state index in [0.29, 0.717) is 18.0 Å². The molecule has 2 fully saturated rings. The number of allylic oxidation sites excluding steroid dienone is 3. The van der Waals surface area contributed by atoms with Crippen molar-refractivity contribution in [2.45, 2.75) is 95.7 Å². The summed E-state index contributed by atoms with van der Waals surface area (Å²) in [5.41, 5.74) is 0. The summed E-state index contributed by atoms with van der Waals surface area (Å²) in [6, 6.07) is 0.812. The first-order chi connectivity index (χ1) is 11.8. The van der Waals surface area contributed by atoms with Crippen LogP contribution in [0.1, 0.15) is 77.6 Å². The second-order valence-corrected chi connectivity index (χ2v) is 7.79. The zero-order valence-electron chi connectivity index (χ0n) is 15.2. The number of amides is 1. The van der Waals surface area contributed by atoms with E-state index in [4.69, 9.17) is 4.74 Å². The monoisotopic (exact) mass is 331 g/mol. The molecule has 24 heavy (non-hydrogen) atoms. The first-order valence-electron chi connectivity index (χ1n) is 10.1. The Labute approximate surface area is 147 Å².